The third kappa shape index (κ3) is 7.64. The van der Waals surface area contributed by atoms with Crippen molar-refractivity contribution in [3.8, 4) is 0 Å². The lowest BCUT2D eigenvalue weighted by molar-refractivity contribution is 0.123. The van der Waals surface area contributed by atoms with Gasteiger partial charge in [-0.15, -0.1) is 0 Å². The Morgan fingerprint density at radius 2 is 2.10 bits per heavy atom. The van der Waals surface area contributed by atoms with E-state index in [0.29, 0.717) is 25.9 Å². The highest BCUT2D eigenvalue weighted by Gasteiger charge is 2.24. The predicted molar refractivity (Wildman–Crippen MR) is 86.0 cm³/mol. The van der Waals surface area contributed by atoms with Crippen LogP contribution in [0.3, 0.4) is 0 Å². The van der Waals surface area contributed by atoms with Crippen LogP contribution in [0, 0.1) is 5.92 Å². The van der Waals surface area contributed by atoms with Crippen molar-refractivity contribution in [2.75, 3.05) is 13.2 Å². The van der Waals surface area contributed by atoms with E-state index in [9.17, 15) is 15.0 Å². The van der Waals surface area contributed by atoms with Gasteiger partial charge in [0, 0.05) is 26.6 Å². The molecule has 1 aliphatic carbocycles. The Morgan fingerprint density at radius 1 is 1.38 bits per heavy atom. The van der Waals surface area contributed by atoms with Gasteiger partial charge in [-0.05, 0) is 25.3 Å². The predicted octanol–water partition coefficient (Wildman–Crippen LogP) is 2.13. The Kier molecular flexibility index (Phi) is 7.41. The standard InChI is InChI=1S/C15H29NO4Si/c1-21(2,3)10-9-20-15(19)16-14-6-4-5-13(18)8-7-12(14)11-17/h4-5,12-14,17-18H,6-11H2,1-3H3,(H,16,19)/b5-4+/t12-,13-,14-/m0/s1. The van der Waals surface area contributed by atoms with Crippen molar-refractivity contribution >= 4 is 14.2 Å². The van der Waals surface area contributed by atoms with Gasteiger partial charge in [-0.1, -0.05) is 31.8 Å². The van der Waals surface area contributed by atoms with Gasteiger partial charge in [-0.2, -0.15) is 0 Å². The molecule has 0 saturated heterocycles. The fourth-order valence-electron chi connectivity index (χ4n) is 2.30. The molecule has 6 heteroatoms. The summed E-state index contributed by atoms with van der Waals surface area (Å²) in [6.07, 6.45) is 4.63. The molecule has 1 aliphatic rings. The van der Waals surface area contributed by atoms with Gasteiger partial charge < -0.3 is 20.3 Å². The van der Waals surface area contributed by atoms with Gasteiger partial charge in [0.15, 0.2) is 0 Å². The zero-order chi connectivity index (χ0) is 15.9. The number of alkyl carbamates (subject to hydrolysis) is 1. The fraction of sp³-hybridized carbons (Fsp3) is 0.800. The van der Waals surface area contributed by atoms with Crippen molar-refractivity contribution < 1.29 is 19.7 Å². The highest BCUT2D eigenvalue weighted by molar-refractivity contribution is 6.76. The summed E-state index contributed by atoms with van der Waals surface area (Å²) in [7, 11) is -1.20. The lowest BCUT2D eigenvalue weighted by atomic mass is 9.89. The summed E-state index contributed by atoms with van der Waals surface area (Å²) in [6, 6.07) is 0.804. The number of hydrogen-bond acceptors (Lipinski definition) is 4. The number of carbonyl (C=O) groups excluding carboxylic acids is 1. The van der Waals surface area contributed by atoms with Gasteiger partial charge in [0.2, 0.25) is 0 Å². The Balaban J connectivity index is 2.45. The Labute approximate surface area is 128 Å². The first kappa shape index (κ1) is 18.2. The zero-order valence-corrected chi connectivity index (χ0v) is 14.3. The Morgan fingerprint density at radius 3 is 2.71 bits per heavy atom. The molecule has 3 atom stereocenters. The SMILES string of the molecule is C[Si](C)(C)CCOC(=O)N[C@H]1C/C=C/[C@H](O)CC[C@H]1CO. The summed E-state index contributed by atoms with van der Waals surface area (Å²) in [5.41, 5.74) is 0. The molecule has 21 heavy (non-hydrogen) atoms. The van der Waals surface area contributed by atoms with Crippen LogP contribution in [0.5, 0.6) is 0 Å². The summed E-state index contributed by atoms with van der Waals surface area (Å²) >= 11 is 0. The highest BCUT2D eigenvalue weighted by atomic mass is 28.3. The summed E-state index contributed by atoms with van der Waals surface area (Å²) in [6.45, 7) is 7.16. The van der Waals surface area contributed by atoms with Crippen LogP contribution in [0.1, 0.15) is 19.3 Å². The monoisotopic (exact) mass is 315 g/mol. The third-order valence-corrected chi connectivity index (χ3v) is 5.48. The summed E-state index contributed by atoms with van der Waals surface area (Å²) < 4.78 is 5.24. The molecule has 0 aliphatic heterocycles. The number of hydrogen-bond donors (Lipinski definition) is 3. The van der Waals surface area contributed by atoms with Crippen molar-refractivity contribution in [3.63, 3.8) is 0 Å². The molecule has 0 bridgehead atoms. The minimum absolute atomic E-state index is 0.000408. The number of ether oxygens (including phenoxy) is 1. The molecule has 1 amide bonds. The van der Waals surface area contributed by atoms with Crippen LogP contribution in [-0.2, 0) is 4.74 Å². The lowest BCUT2D eigenvalue weighted by Crippen LogP contribution is -2.42. The molecule has 0 aromatic carbocycles. The van der Waals surface area contributed by atoms with E-state index >= 15 is 0 Å². The molecular weight excluding hydrogens is 286 g/mol. The number of carbonyl (C=O) groups is 1. The van der Waals surface area contributed by atoms with Crippen LogP contribution < -0.4 is 5.32 Å². The Hall–Kier alpha value is -0.853. The minimum Gasteiger partial charge on any atom is -0.450 e. The van der Waals surface area contributed by atoms with Crippen LogP contribution in [0.25, 0.3) is 0 Å². The molecule has 1 rings (SSSR count). The maximum absolute atomic E-state index is 11.8. The Bertz CT molecular complexity index is 354. The third-order valence-electron chi connectivity index (χ3n) is 3.77. The number of amides is 1. The van der Waals surface area contributed by atoms with E-state index in [4.69, 9.17) is 4.74 Å². The van der Waals surface area contributed by atoms with E-state index in [0.717, 1.165) is 6.04 Å². The molecular formula is C15H29NO4Si. The van der Waals surface area contributed by atoms with Crippen molar-refractivity contribution in [3.05, 3.63) is 12.2 Å². The number of aliphatic hydroxyl groups excluding tert-OH is 2. The molecule has 122 valence electrons. The molecule has 0 saturated carbocycles. The first-order chi connectivity index (χ1) is 9.81. The van der Waals surface area contributed by atoms with E-state index in [1.807, 2.05) is 6.08 Å². The molecule has 0 unspecified atom stereocenters. The van der Waals surface area contributed by atoms with E-state index < -0.39 is 20.3 Å². The van der Waals surface area contributed by atoms with E-state index in [1.54, 1.807) is 6.08 Å². The summed E-state index contributed by atoms with van der Waals surface area (Å²) in [5, 5.41) is 21.9. The summed E-state index contributed by atoms with van der Waals surface area (Å²) in [5.74, 6) is -0.0471. The number of aliphatic hydroxyl groups is 2. The minimum atomic E-state index is -1.20. The van der Waals surface area contributed by atoms with Crippen LogP contribution in [0.4, 0.5) is 4.79 Å². The normalized spacial score (nSPS) is 28.3. The second kappa shape index (κ2) is 8.56. The van der Waals surface area contributed by atoms with Crippen LogP contribution in [0.15, 0.2) is 12.2 Å². The van der Waals surface area contributed by atoms with Crippen molar-refractivity contribution in [1.82, 2.24) is 5.32 Å². The van der Waals surface area contributed by atoms with Gasteiger partial charge in [-0.3, -0.25) is 0 Å². The second-order valence-electron chi connectivity index (χ2n) is 6.95. The number of nitrogens with one attached hydrogen (secondary N) is 1. The average Bonchev–Trinajstić information content (AvgIpc) is 2.35. The van der Waals surface area contributed by atoms with Crippen molar-refractivity contribution in [2.45, 2.75) is 57.1 Å². The molecule has 0 aromatic rings. The molecule has 0 heterocycles. The van der Waals surface area contributed by atoms with Gasteiger partial charge in [0.05, 0.1) is 12.7 Å². The first-order valence-corrected chi connectivity index (χ1v) is 11.4. The molecule has 5 nitrogen and oxygen atoms in total. The van der Waals surface area contributed by atoms with Crippen molar-refractivity contribution in [2.24, 2.45) is 5.92 Å². The van der Waals surface area contributed by atoms with Crippen LogP contribution >= 0.6 is 0 Å². The van der Waals surface area contributed by atoms with E-state index in [-0.39, 0.29) is 18.6 Å². The van der Waals surface area contributed by atoms with Crippen molar-refractivity contribution in [1.29, 1.82) is 0 Å². The van der Waals surface area contributed by atoms with Gasteiger partial charge >= 0.3 is 6.09 Å². The summed E-state index contributed by atoms with van der Waals surface area (Å²) in [4.78, 5) is 11.8. The maximum atomic E-state index is 11.8. The largest absolute Gasteiger partial charge is 0.450 e. The molecule has 0 fully saturated rings. The van der Waals surface area contributed by atoms with Gasteiger partial charge in [-0.25, -0.2) is 4.79 Å². The second-order valence-corrected chi connectivity index (χ2v) is 12.6. The fourth-order valence-corrected chi connectivity index (χ4v) is 3.01. The molecule has 0 spiro atoms. The van der Waals surface area contributed by atoms with Gasteiger partial charge in [0.25, 0.3) is 0 Å². The molecule has 0 radical (unpaired) electrons. The maximum Gasteiger partial charge on any atom is 0.407 e. The first-order valence-electron chi connectivity index (χ1n) is 7.70. The highest BCUT2D eigenvalue weighted by Crippen LogP contribution is 2.19. The van der Waals surface area contributed by atoms with Gasteiger partial charge in [0.1, 0.15) is 0 Å². The smallest absolute Gasteiger partial charge is 0.407 e. The topological polar surface area (TPSA) is 78.8 Å². The molecule has 3 N–H and O–H groups in total. The quantitative estimate of drug-likeness (QED) is 0.536. The van der Waals surface area contributed by atoms with Crippen LogP contribution in [-0.4, -0.2) is 49.7 Å². The van der Waals surface area contributed by atoms with Crippen LogP contribution in [0.2, 0.25) is 25.7 Å². The number of rotatable bonds is 5. The average molecular weight is 315 g/mol. The van der Waals surface area contributed by atoms with E-state index in [2.05, 4.69) is 25.0 Å². The lowest BCUT2D eigenvalue weighted by Gasteiger charge is -2.28. The van der Waals surface area contributed by atoms with E-state index in [1.165, 1.54) is 0 Å². The molecule has 0 aromatic heterocycles. The zero-order valence-electron chi connectivity index (χ0n) is 13.3.